The highest BCUT2D eigenvalue weighted by Crippen LogP contribution is 2.24. The van der Waals surface area contributed by atoms with Gasteiger partial charge in [0, 0.05) is 38.8 Å². The summed E-state index contributed by atoms with van der Waals surface area (Å²) in [4.78, 5) is 30.0. The van der Waals surface area contributed by atoms with Gasteiger partial charge in [-0.3, -0.25) is 14.6 Å². The van der Waals surface area contributed by atoms with E-state index in [9.17, 15) is 9.59 Å². The lowest BCUT2D eigenvalue weighted by Crippen LogP contribution is -2.40. The van der Waals surface area contributed by atoms with Crippen LogP contribution in [0, 0.1) is 11.8 Å². The average Bonchev–Trinajstić information content (AvgIpc) is 3.04. The SMILES string of the molecule is CCNC(=O)c1ccc(CNC(=NC)N2CC(C)C(C(=O)OC)C2)cc1. The highest BCUT2D eigenvalue weighted by molar-refractivity contribution is 5.94. The number of guanidine groups is 1. The van der Waals surface area contributed by atoms with Gasteiger partial charge in [-0.1, -0.05) is 19.1 Å². The minimum atomic E-state index is -0.170. The summed E-state index contributed by atoms with van der Waals surface area (Å²) < 4.78 is 4.88. The molecular formula is C19H28N4O3. The molecular weight excluding hydrogens is 332 g/mol. The van der Waals surface area contributed by atoms with Gasteiger partial charge in [0.2, 0.25) is 0 Å². The second-order valence-electron chi connectivity index (χ2n) is 6.47. The van der Waals surface area contributed by atoms with Gasteiger partial charge in [-0.05, 0) is 30.5 Å². The van der Waals surface area contributed by atoms with E-state index in [2.05, 4.69) is 27.4 Å². The number of hydrogen-bond acceptors (Lipinski definition) is 4. The van der Waals surface area contributed by atoms with Crippen LogP contribution in [-0.2, 0) is 16.1 Å². The molecule has 0 radical (unpaired) electrons. The fourth-order valence-corrected chi connectivity index (χ4v) is 3.15. The van der Waals surface area contributed by atoms with Gasteiger partial charge in [0.05, 0.1) is 13.0 Å². The number of likely N-dealkylation sites (tertiary alicyclic amines) is 1. The van der Waals surface area contributed by atoms with Gasteiger partial charge in [0.15, 0.2) is 5.96 Å². The number of amides is 1. The molecule has 7 heteroatoms. The van der Waals surface area contributed by atoms with Crippen molar-refractivity contribution in [2.75, 3.05) is 33.8 Å². The average molecular weight is 360 g/mol. The Hall–Kier alpha value is -2.57. The van der Waals surface area contributed by atoms with Crippen molar-refractivity contribution in [2.45, 2.75) is 20.4 Å². The van der Waals surface area contributed by atoms with E-state index in [0.717, 1.165) is 18.1 Å². The molecule has 1 aliphatic heterocycles. The van der Waals surface area contributed by atoms with Crippen LogP contribution in [0.4, 0.5) is 0 Å². The third-order valence-electron chi connectivity index (χ3n) is 4.63. The van der Waals surface area contributed by atoms with Crippen molar-refractivity contribution < 1.29 is 14.3 Å². The number of carbonyl (C=O) groups is 2. The Labute approximate surface area is 154 Å². The zero-order valence-electron chi connectivity index (χ0n) is 15.9. The van der Waals surface area contributed by atoms with Gasteiger partial charge in [0.25, 0.3) is 5.91 Å². The smallest absolute Gasteiger partial charge is 0.310 e. The molecule has 2 rings (SSSR count). The Balaban J connectivity index is 1.93. The third-order valence-corrected chi connectivity index (χ3v) is 4.63. The quantitative estimate of drug-likeness (QED) is 0.469. The molecule has 7 nitrogen and oxygen atoms in total. The highest BCUT2D eigenvalue weighted by Gasteiger charge is 2.36. The molecule has 0 aromatic heterocycles. The van der Waals surface area contributed by atoms with E-state index in [1.54, 1.807) is 7.05 Å². The summed E-state index contributed by atoms with van der Waals surface area (Å²) in [7, 11) is 3.16. The van der Waals surface area contributed by atoms with Gasteiger partial charge in [0.1, 0.15) is 0 Å². The molecule has 1 amide bonds. The van der Waals surface area contributed by atoms with Gasteiger partial charge in [-0.2, -0.15) is 0 Å². The molecule has 1 saturated heterocycles. The summed E-state index contributed by atoms with van der Waals surface area (Å²) in [6.07, 6.45) is 0. The predicted octanol–water partition coefficient (Wildman–Crippen LogP) is 1.25. The van der Waals surface area contributed by atoms with Crippen LogP contribution in [0.2, 0.25) is 0 Å². The van der Waals surface area contributed by atoms with Crippen LogP contribution in [-0.4, -0.2) is 56.5 Å². The number of hydrogen-bond donors (Lipinski definition) is 2. The van der Waals surface area contributed by atoms with E-state index in [4.69, 9.17) is 4.74 Å². The van der Waals surface area contributed by atoms with Crippen molar-refractivity contribution in [3.8, 4) is 0 Å². The van der Waals surface area contributed by atoms with Crippen molar-refractivity contribution >= 4 is 17.8 Å². The largest absolute Gasteiger partial charge is 0.469 e. The Morgan fingerprint density at radius 3 is 2.50 bits per heavy atom. The zero-order chi connectivity index (χ0) is 19.1. The number of rotatable bonds is 5. The molecule has 0 aliphatic carbocycles. The Bertz CT molecular complexity index is 657. The standard InChI is InChI=1S/C19H28N4O3/c1-5-21-17(24)15-8-6-14(7-9-15)10-22-19(20-3)23-11-13(2)16(12-23)18(25)26-4/h6-9,13,16H,5,10-12H2,1-4H3,(H,20,22)(H,21,24). The minimum Gasteiger partial charge on any atom is -0.469 e. The van der Waals surface area contributed by atoms with Gasteiger partial charge >= 0.3 is 5.97 Å². The molecule has 1 aromatic rings. The molecule has 0 spiro atoms. The maximum absolute atomic E-state index is 11.9. The van der Waals surface area contributed by atoms with E-state index in [-0.39, 0.29) is 23.7 Å². The third kappa shape index (κ3) is 4.74. The van der Waals surface area contributed by atoms with Gasteiger partial charge in [-0.25, -0.2) is 0 Å². The summed E-state index contributed by atoms with van der Waals surface area (Å²) in [5.41, 5.74) is 1.70. The Morgan fingerprint density at radius 2 is 1.92 bits per heavy atom. The number of esters is 1. The van der Waals surface area contributed by atoms with E-state index < -0.39 is 0 Å². The first-order valence-electron chi connectivity index (χ1n) is 8.90. The van der Waals surface area contributed by atoms with Gasteiger partial charge in [-0.15, -0.1) is 0 Å². The zero-order valence-corrected chi connectivity index (χ0v) is 15.9. The predicted molar refractivity (Wildman–Crippen MR) is 101 cm³/mol. The highest BCUT2D eigenvalue weighted by atomic mass is 16.5. The Kier molecular flexibility index (Phi) is 7.00. The molecule has 1 heterocycles. The molecule has 0 bridgehead atoms. The molecule has 2 N–H and O–H groups in total. The summed E-state index contributed by atoms with van der Waals surface area (Å²) in [6, 6.07) is 7.48. The first-order valence-corrected chi connectivity index (χ1v) is 8.90. The molecule has 1 aromatic carbocycles. The maximum atomic E-state index is 11.9. The van der Waals surface area contributed by atoms with Crippen molar-refractivity contribution in [3.05, 3.63) is 35.4 Å². The van der Waals surface area contributed by atoms with Crippen LogP contribution in [0.15, 0.2) is 29.3 Å². The monoisotopic (exact) mass is 360 g/mol. The molecule has 26 heavy (non-hydrogen) atoms. The first-order chi connectivity index (χ1) is 12.5. The lowest BCUT2D eigenvalue weighted by molar-refractivity contribution is -0.145. The molecule has 1 fully saturated rings. The van der Waals surface area contributed by atoms with Crippen LogP contribution in [0.5, 0.6) is 0 Å². The summed E-state index contributed by atoms with van der Waals surface area (Å²) in [6.45, 7) is 6.51. The molecule has 142 valence electrons. The minimum absolute atomic E-state index is 0.0669. The van der Waals surface area contributed by atoms with Gasteiger partial charge < -0.3 is 20.3 Å². The lowest BCUT2D eigenvalue weighted by atomic mass is 9.99. The van der Waals surface area contributed by atoms with Crippen LogP contribution < -0.4 is 10.6 Å². The lowest BCUT2D eigenvalue weighted by Gasteiger charge is -2.21. The van der Waals surface area contributed by atoms with Crippen molar-refractivity contribution in [2.24, 2.45) is 16.8 Å². The number of ether oxygens (including phenoxy) is 1. The van der Waals surface area contributed by atoms with Crippen LogP contribution in [0.3, 0.4) is 0 Å². The van der Waals surface area contributed by atoms with Crippen LogP contribution >= 0.6 is 0 Å². The first kappa shape index (κ1) is 19.8. The van der Waals surface area contributed by atoms with Crippen molar-refractivity contribution in [3.63, 3.8) is 0 Å². The van der Waals surface area contributed by atoms with Crippen LogP contribution in [0.1, 0.15) is 29.8 Å². The Morgan fingerprint density at radius 1 is 1.23 bits per heavy atom. The molecule has 2 unspecified atom stereocenters. The molecule has 1 aliphatic rings. The maximum Gasteiger partial charge on any atom is 0.310 e. The number of nitrogens with one attached hydrogen (secondary N) is 2. The second kappa shape index (κ2) is 9.22. The topological polar surface area (TPSA) is 83.0 Å². The number of aliphatic imine (C=N–C) groups is 1. The fourth-order valence-electron chi connectivity index (χ4n) is 3.15. The van der Waals surface area contributed by atoms with E-state index in [0.29, 0.717) is 25.2 Å². The van der Waals surface area contributed by atoms with Crippen LogP contribution in [0.25, 0.3) is 0 Å². The van der Waals surface area contributed by atoms with Crippen molar-refractivity contribution in [1.29, 1.82) is 0 Å². The summed E-state index contributed by atoms with van der Waals surface area (Å²) in [5.74, 6) is 0.613. The number of benzene rings is 1. The molecule has 0 saturated carbocycles. The summed E-state index contributed by atoms with van der Waals surface area (Å²) in [5, 5.41) is 6.10. The molecule has 2 atom stereocenters. The fraction of sp³-hybridized carbons (Fsp3) is 0.526. The number of nitrogens with zero attached hydrogens (tertiary/aromatic N) is 2. The normalized spacial score (nSPS) is 20.0. The van der Waals surface area contributed by atoms with E-state index in [1.807, 2.05) is 31.2 Å². The summed E-state index contributed by atoms with van der Waals surface area (Å²) >= 11 is 0. The number of methoxy groups -OCH3 is 1. The van der Waals surface area contributed by atoms with E-state index >= 15 is 0 Å². The number of carbonyl (C=O) groups excluding carboxylic acids is 2. The van der Waals surface area contributed by atoms with E-state index in [1.165, 1.54) is 7.11 Å². The van der Waals surface area contributed by atoms with Crippen molar-refractivity contribution in [1.82, 2.24) is 15.5 Å². The second-order valence-corrected chi connectivity index (χ2v) is 6.47.